The Morgan fingerprint density at radius 3 is 2.46 bits per heavy atom. The molecular weight excluding hydrogens is 412 g/mol. The minimum Gasteiger partial charge on any atom is -0.452 e. The third-order valence-corrected chi connectivity index (χ3v) is 4.97. The summed E-state index contributed by atoms with van der Waals surface area (Å²) in [6, 6.07) is 7.63. The lowest BCUT2D eigenvalue weighted by Gasteiger charge is -2.09. The van der Waals surface area contributed by atoms with Gasteiger partial charge in [0.05, 0.1) is 10.5 Å². The molecule has 1 amide bonds. The normalized spacial score (nSPS) is 11.0. The number of anilines is 1. The van der Waals surface area contributed by atoms with Gasteiger partial charge < -0.3 is 10.1 Å². The zero-order chi connectivity index (χ0) is 21.1. The zero-order valence-electron chi connectivity index (χ0n) is 14.8. The van der Waals surface area contributed by atoms with Crippen molar-refractivity contribution in [1.29, 1.82) is 0 Å². The molecule has 0 saturated carbocycles. The van der Waals surface area contributed by atoms with Gasteiger partial charge in [-0.3, -0.25) is 14.9 Å². The van der Waals surface area contributed by atoms with E-state index in [1.807, 2.05) is 0 Å². The van der Waals surface area contributed by atoms with Crippen LogP contribution in [0.2, 0.25) is 5.02 Å². The van der Waals surface area contributed by atoms with E-state index in [9.17, 15) is 28.1 Å². The minimum atomic E-state index is -3.86. The van der Waals surface area contributed by atoms with Gasteiger partial charge in [0.15, 0.2) is 16.4 Å². The summed E-state index contributed by atoms with van der Waals surface area (Å²) < 4.78 is 28.0. The molecule has 0 aliphatic carbocycles. The van der Waals surface area contributed by atoms with Crippen LogP contribution in [-0.4, -0.2) is 38.1 Å². The third kappa shape index (κ3) is 5.27. The number of esters is 1. The van der Waals surface area contributed by atoms with Gasteiger partial charge in [-0.25, -0.2) is 13.2 Å². The number of aryl methyl sites for hydroxylation is 1. The van der Waals surface area contributed by atoms with E-state index in [2.05, 4.69) is 5.32 Å². The van der Waals surface area contributed by atoms with Crippen molar-refractivity contribution in [2.75, 3.05) is 18.2 Å². The van der Waals surface area contributed by atoms with Crippen LogP contribution < -0.4 is 5.32 Å². The fraction of sp³-hybridized carbons (Fsp3) is 0.176. The molecule has 0 bridgehead atoms. The van der Waals surface area contributed by atoms with E-state index >= 15 is 0 Å². The molecule has 0 heterocycles. The number of carbonyl (C=O) groups excluding carboxylic acids is 2. The highest BCUT2D eigenvalue weighted by atomic mass is 35.5. The van der Waals surface area contributed by atoms with Crippen molar-refractivity contribution >= 4 is 44.7 Å². The first-order chi connectivity index (χ1) is 13.0. The van der Waals surface area contributed by atoms with Crippen molar-refractivity contribution in [3.05, 3.63) is 62.7 Å². The number of benzene rings is 2. The number of rotatable bonds is 6. The van der Waals surface area contributed by atoms with Gasteiger partial charge in [-0.2, -0.15) is 0 Å². The summed E-state index contributed by atoms with van der Waals surface area (Å²) in [6.45, 7) is 1.10. The average Bonchev–Trinajstić information content (AvgIpc) is 2.60. The molecule has 0 saturated heterocycles. The average molecular weight is 427 g/mol. The molecule has 0 radical (unpaired) electrons. The van der Waals surface area contributed by atoms with E-state index in [1.54, 1.807) is 25.1 Å². The molecule has 1 N–H and O–H groups in total. The van der Waals surface area contributed by atoms with E-state index in [4.69, 9.17) is 16.3 Å². The van der Waals surface area contributed by atoms with Gasteiger partial charge >= 0.3 is 5.97 Å². The fourth-order valence-electron chi connectivity index (χ4n) is 2.27. The Bertz CT molecular complexity index is 1070. The number of amides is 1. The quantitative estimate of drug-likeness (QED) is 0.426. The van der Waals surface area contributed by atoms with Crippen molar-refractivity contribution in [3.63, 3.8) is 0 Å². The Labute approximate surface area is 165 Å². The molecule has 0 aromatic heterocycles. The molecule has 11 heteroatoms. The van der Waals surface area contributed by atoms with Crippen molar-refractivity contribution in [2.24, 2.45) is 0 Å². The maximum absolute atomic E-state index is 12.1. The summed E-state index contributed by atoms with van der Waals surface area (Å²) in [7, 11) is -3.86. The monoisotopic (exact) mass is 426 g/mol. The van der Waals surface area contributed by atoms with Gasteiger partial charge in [-0.05, 0) is 42.8 Å². The largest absolute Gasteiger partial charge is 0.452 e. The lowest BCUT2D eigenvalue weighted by molar-refractivity contribution is -0.387. The number of nitrogens with zero attached hydrogens (tertiary/aromatic N) is 1. The number of halogens is 1. The van der Waals surface area contributed by atoms with Gasteiger partial charge in [-0.1, -0.05) is 11.6 Å². The summed E-state index contributed by atoms with van der Waals surface area (Å²) in [4.78, 5) is 33.6. The van der Waals surface area contributed by atoms with Gasteiger partial charge in [0.1, 0.15) is 4.90 Å². The van der Waals surface area contributed by atoms with E-state index < -0.39 is 43.8 Å². The maximum atomic E-state index is 12.1. The molecule has 2 rings (SSSR count). The van der Waals surface area contributed by atoms with Gasteiger partial charge in [0, 0.05) is 23.0 Å². The predicted molar refractivity (Wildman–Crippen MR) is 101 cm³/mol. The topological polar surface area (TPSA) is 133 Å². The summed E-state index contributed by atoms with van der Waals surface area (Å²) in [5.41, 5.74) is 0.186. The van der Waals surface area contributed by atoms with Gasteiger partial charge in [0.2, 0.25) is 0 Å². The Hall–Kier alpha value is -2.98. The Morgan fingerprint density at radius 1 is 1.21 bits per heavy atom. The molecule has 2 aromatic carbocycles. The molecule has 2 aromatic rings. The molecule has 0 spiro atoms. The number of sulfone groups is 1. The number of carbonyl (C=O) groups is 2. The standard InChI is InChI=1S/C17H15ClN2O7S/c1-10-7-12(18)4-5-13(10)19-16(21)9-27-17(22)11-3-6-15(28(2,25)26)14(8-11)20(23)24/h3-8H,9H2,1-2H3,(H,19,21). The second-order valence-electron chi connectivity index (χ2n) is 5.80. The smallest absolute Gasteiger partial charge is 0.338 e. The van der Waals surface area contributed by atoms with Crippen LogP contribution in [-0.2, 0) is 19.4 Å². The second-order valence-corrected chi connectivity index (χ2v) is 8.22. The maximum Gasteiger partial charge on any atom is 0.338 e. The van der Waals surface area contributed by atoms with Gasteiger partial charge in [-0.15, -0.1) is 0 Å². The van der Waals surface area contributed by atoms with Crippen LogP contribution in [0, 0.1) is 17.0 Å². The Morgan fingerprint density at radius 2 is 1.89 bits per heavy atom. The molecule has 0 fully saturated rings. The minimum absolute atomic E-state index is 0.255. The molecule has 9 nitrogen and oxygen atoms in total. The highest BCUT2D eigenvalue weighted by Crippen LogP contribution is 2.25. The summed E-state index contributed by atoms with van der Waals surface area (Å²) in [5, 5.41) is 14.1. The Kier molecular flexibility index (Phi) is 6.37. The van der Waals surface area contributed by atoms with Crippen LogP contribution in [0.15, 0.2) is 41.3 Å². The first-order valence-electron chi connectivity index (χ1n) is 7.70. The highest BCUT2D eigenvalue weighted by molar-refractivity contribution is 7.90. The number of nitrogens with one attached hydrogen (secondary N) is 1. The predicted octanol–water partition coefficient (Wildman–Crippen LogP) is 2.76. The number of hydrogen-bond donors (Lipinski definition) is 1. The van der Waals surface area contributed by atoms with E-state index in [0.29, 0.717) is 16.3 Å². The van der Waals surface area contributed by atoms with Crippen LogP contribution in [0.4, 0.5) is 11.4 Å². The van der Waals surface area contributed by atoms with Crippen molar-refractivity contribution < 1.29 is 27.7 Å². The highest BCUT2D eigenvalue weighted by Gasteiger charge is 2.24. The summed E-state index contributed by atoms with van der Waals surface area (Å²) in [5.74, 6) is -1.63. The van der Waals surface area contributed by atoms with Crippen molar-refractivity contribution in [3.8, 4) is 0 Å². The van der Waals surface area contributed by atoms with Crippen LogP contribution in [0.5, 0.6) is 0 Å². The lowest BCUT2D eigenvalue weighted by atomic mass is 10.2. The number of ether oxygens (including phenoxy) is 1. The molecular formula is C17H15ClN2O7S. The summed E-state index contributed by atoms with van der Waals surface area (Å²) >= 11 is 5.83. The van der Waals surface area contributed by atoms with Gasteiger partial charge in [0.25, 0.3) is 11.6 Å². The number of nitro groups is 1. The number of nitro benzene ring substituents is 1. The van der Waals surface area contributed by atoms with E-state index in [1.165, 1.54) is 0 Å². The van der Waals surface area contributed by atoms with Crippen LogP contribution >= 0.6 is 11.6 Å². The number of hydrogen-bond acceptors (Lipinski definition) is 7. The fourth-order valence-corrected chi connectivity index (χ4v) is 3.32. The molecule has 148 valence electrons. The SMILES string of the molecule is Cc1cc(Cl)ccc1NC(=O)COC(=O)c1ccc(S(C)(=O)=O)c([N+](=O)[O-])c1. The van der Waals surface area contributed by atoms with E-state index in [-0.39, 0.29) is 5.56 Å². The van der Waals surface area contributed by atoms with Crippen LogP contribution in [0.25, 0.3) is 0 Å². The first kappa shape index (κ1) is 21.3. The summed E-state index contributed by atoms with van der Waals surface area (Å²) in [6.07, 6.45) is 0.816. The first-order valence-corrected chi connectivity index (χ1v) is 9.97. The van der Waals surface area contributed by atoms with Crippen LogP contribution in [0.3, 0.4) is 0 Å². The van der Waals surface area contributed by atoms with Crippen molar-refractivity contribution in [1.82, 2.24) is 0 Å². The molecule has 0 aliphatic rings. The zero-order valence-corrected chi connectivity index (χ0v) is 16.3. The second kappa shape index (κ2) is 8.36. The Balaban J connectivity index is 2.09. The van der Waals surface area contributed by atoms with Crippen molar-refractivity contribution in [2.45, 2.75) is 11.8 Å². The molecule has 0 atom stereocenters. The third-order valence-electron chi connectivity index (χ3n) is 3.59. The van der Waals surface area contributed by atoms with E-state index in [0.717, 1.165) is 24.5 Å². The lowest BCUT2D eigenvalue weighted by Crippen LogP contribution is -2.21. The molecule has 28 heavy (non-hydrogen) atoms. The van der Waals surface area contributed by atoms with Crippen LogP contribution in [0.1, 0.15) is 15.9 Å². The molecule has 0 aliphatic heterocycles. The molecule has 0 unspecified atom stereocenters.